The summed E-state index contributed by atoms with van der Waals surface area (Å²) in [5, 5.41) is -0.0184. The van der Waals surface area contributed by atoms with E-state index in [1.165, 1.54) is 96.3 Å². The average Bonchev–Trinajstić information content (AvgIpc) is 2.58. The van der Waals surface area contributed by atoms with Crippen molar-refractivity contribution in [1.82, 2.24) is 0 Å². The molecule has 0 nitrogen and oxygen atoms in total. The first-order valence-electron chi connectivity index (χ1n) is 9.60. The Kier molecular flexibility index (Phi) is 8.48. The van der Waals surface area contributed by atoms with Crippen LogP contribution in [0.1, 0.15) is 96.3 Å². The second-order valence-corrected chi connectivity index (χ2v) is 7.51. The molecule has 2 fully saturated rings. The molecule has 2 rings (SSSR count). The van der Waals surface area contributed by atoms with Gasteiger partial charge in [-0.15, -0.1) is 0 Å². The van der Waals surface area contributed by atoms with Crippen LogP contribution in [0, 0.1) is 0 Å². The summed E-state index contributed by atoms with van der Waals surface area (Å²) in [5.41, 5.74) is 0. The highest BCUT2D eigenvalue weighted by Gasteiger charge is 2.25. The molecule has 0 saturated heterocycles. The molecule has 111 valence electrons. The molecule has 0 aromatic rings. The van der Waals surface area contributed by atoms with Gasteiger partial charge in [0.25, 0.3) is 0 Å². The van der Waals surface area contributed by atoms with Crippen LogP contribution >= 0.6 is 0 Å². The fourth-order valence-electron chi connectivity index (χ4n) is 3.99. The molecule has 0 spiro atoms. The average molecular weight is 279 g/mol. The van der Waals surface area contributed by atoms with E-state index in [2.05, 4.69) is 21.4 Å². The summed E-state index contributed by atoms with van der Waals surface area (Å²) in [6, 6.07) is 0. The SMILES string of the molecule is [B]C1([B][B][B]C2CCCCCCCC2)CCCCCCC1. The Morgan fingerprint density at radius 1 is 0.667 bits per heavy atom. The Labute approximate surface area is 137 Å². The second kappa shape index (κ2) is 10.1. The lowest BCUT2D eigenvalue weighted by Crippen LogP contribution is -2.31. The van der Waals surface area contributed by atoms with E-state index in [1.807, 2.05) is 0 Å². The van der Waals surface area contributed by atoms with Crippen LogP contribution < -0.4 is 0 Å². The molecule has 0 unspecified atom stereocenters. The zero-order chi connectivity index (χ0) is 14.8. The van der Waals surface area contributed by atoms with Crippen LogP contribution in [0.25, 0.3) is 0 Å². The Morgan fingerprint density at radius 2 is 1.14 bits per heavy atom. The molecule has 0 aromatic carbocycles. The minimum atomic E-state index is -0.0184. The molecule has 0 amide bonds. The largest absolute Gasteiger partial charge is 0.0997 e. The van der Waals surface area contributed by atoms with Gasteiger partial charge in [0.15, 0.2) is 0 Å². The quantitative estimate of drug-likeness (QED) is 0.643. The lowest BCUT2D eigenvalue weighted by atomic mass is 9.09. The van der Waals surface area contributed by atoms with Crippen LogP contribution in [-0.2, 0) is 0 Å². The topological polar surface area (TPSA) is 0 Å². The molecule has 2 aliphatic rings. The van der Waals surface area contributed by atoms with E-state index in [0.29, 0.717) is 0 Å². The zero-order valence-corrected chi connectivity index (χ0v) is 14.0. The van der Waals surface area contributed by atoms with Crippen LogP contribution in [0.15, 0.2) is 0 Å². The predicted octanol–water partition coefficient (Wildman–Crippen LogP) is 4.88. The van der Waals surface area contributed by atoms with Gasteiger partial charge in [-0.25, -0.2) is 0 Å². The van der Waals surface area contributed by atoms with Gasteiger partial charge < -0.3 is 0 Å². The molecule has 2 aliphatic carbocycles. The van der Waals surface area contributed by atoms with Gasteiger partial charge in [0.2, 0.25) is 0 Å². The van der Waals surface area contributed by atoms with E-state index in [1.54, 1.807) is 0 Å². The van der Waals surface area contributed by atoms with E-state index in [-0.39, 0.29) is 5.21 Å². The van der Waals surface area contributed by atoms with Gasteiger partial charge in [-0.3, -0.25) is 0 Å². The van der Waals surface area contributed by atoms with Crippen molar-refractivity contribution in [1.29, 1.82) is 0 Å². The van der Waals surface area contributed by atoms with Crippen molar-refractivity contribution in [3.05, 3.63) is 0 Å². The summed E-state index contributed by atoms with van der Waals surface area (Å²) in [6.45, 7) is 0. The summed E-state index contributed by atoms with van der Waals surface area (Å²) in [5.74, 6) is 0.802. The molecule has 5 radical (unpaired) electrons. The highest BCUT2D eigenvalue weighted by Crippen LogP contribution is 2.36. The normalized spacial score (nSPS) is 25.5. The van der Waals surface area contributed by atoms with Gasteiger partial charge in [0.05, 0.1) is 22.2 Å². The predicted molar refractivity (Wildman–Crippen MR) is 98.7 cm³/mol. The van der Waals surface area contributed by atoms with E-state index in [4.69, 9.17) is 7.85 Å². The standard InChI is InChI=1S/C17H31B4/c18-17(14-10-6-3-7-11-15-17)20-21-19-16-12-8-4-1-2-5-9-13-16/h16H,1-15H2. The lowest BCUT2D eigenvalue weighted by Gasteiger charge is -2.32. The van der Waals surface area contributed by atoms with E-state index < -0.39 is 0 Å². The maximum atomic E-state index is 6.62. The van der Waals surface area contributed by atoms with Crippen molar-refractivity contribution in [2.24, 2.45) is 0 Å². The summed E-state index contributed by atoms with van der Waals surface area (Å²) in [6.07, 6.45) is 20.5. The van der Waals surface area contributed by atoms with Gasteiger partial charge in [0, 0.05) is 7.06 Å². The molecule has 0 N–H and O–H groups in total. The molecule has 0 bridgehead atoms. The van der Waals surface area contributed by atoms with Gasteiger partial charge in [0.1, 0.15) is 0 Å². The third-order valence-corrected chi connectivity index (χ3v) is 5.50. The Balaban J connectivity index is 1.68. The van der Waals surface area contributed by atoms with Crippen LogP contribution in [0.3, 0.4) is 0 Å². The molecule has 0 heterocycles. The summed E-state index contributed by atoms with van der Waals surface area (Å²) in [7, 11) is 13.8. The highest BCUT2D eigenvalue weighted by molar-refractivity contribution is 7.31. The van der Waals surface area contributed by atoms with Crippen molar-refractivity contribution in [2.45, 2.75) is 107 Å². The minimum absolute atomic E-state index is 0.0184. The minimum Gasteiger partial charge on any atom is -0.0997 e. The second-order valence-electron chi connectivity index (χ2n) is 7.51. The zero-order valence-electron chi connectivity index (χ0n) is 14.0. The fourth-order valence-corrected chi connectivity index (χ4v) is 3.99. The van der Waals surface area contributed by atoms with Gasteiger partial charge in [-0.2, -0.15) is 0 Å². The van der Waals surface area contributed by atoms with Crippen molar-refractivity contribution in [2.75, 3.05) is 0 Å². The van der Waals surface area contributed by atoms with Crippen molar-refractivity contribution in [3.63, 3.8) is 0 Å². The van der Waals surface area contributed by atoms with Gasteiger partial charge >= 0.3 is 0 Å². The molecular formula is C17H31B4. The van der Waals surface area contributed by atoms with E-state index in [9.17, 15) is 0 Å². The van der Waals surface area contributed by atoms with E-state index >= 15 is 0 Å². The first-order chi connectivity index (χ1) is 10.3. The fraction of sp³-hybridized carbons (Fsp3) is 1.00. The Hall–Kier alpha value is 0.260. The monoisotopic (exact) mass is 279 g/mol. The van der Waals surface area contributed by atoms with Gasteiger partial charge in [-0.05, 0) is 0 Å². The van der Waals surface area contributed by atoms with Crippen molar-refractivity contribution in [3.8, 4) is 0 Å². The summed E-state index contributed by atoms with van der Waals surface area (Å²) < 4.78 is 0. The molecule has 21 heavy (non-hydrogen) atoms. The van der Waals surface area contributed by atoms with Crippen molar-refractivity contribution >= 4 is 29.2 Å². The van der Waals surface area contributed by atoms with Crippen molar-refractivity contribution < 1.29 is 0 Å². The number of hydrogen-bond donors (Lipinski definition) is 0. The molecule has 4 heteroatoms. The third kappa shape index (κ3) is 7.38. The third-order valence-electron chi connectivity index (χ3n) is 5.50. The molecule has 0 aromatic heterocycles. The Morgan fingerprint density at radius 3 is 1.71 bits per heavy atom. The Bertz CT molecular complexity index is 252. The lowest BCUT2D eigenvalue weighted by molar-refractivity contribution is 0.476. The molecular weight excluding hydrogens is 247 g/mol. The summed E-state index contributed by atoms with van der Waals surface area (Å²) >= 11 is 0. The maximum Gasteiger partial charge on any atom is 0.0620 e. The highest BCUT2D eigenvalue weighted by atomic mass is 14.1. The number of rotatable bonds is 4. The summed E-state index contributed by atoms with van der Waals surface area (Å²) in [4.78, 5) is 0. The van der Waals surface area contributed by atoms with Crippen LogP contribution in [-0.4, -0.2) is 29.2 Å². The van der Waals surface area contributed by atoms with Crippen LogP contribution in [0.2, 0.25) is 11.0 Å². The van der Waals surface area contributed by atoms with E-state index in [0.717, 1.165) is 5.82 Å². The number of hydrogen-bond acceptors (Lipinski definition) is 0. The van der Waals surface area contributed by atoms with Crippen LogP contribution in [0.4, 0.5) is 0 Å². The molecule has 2 saturated carbocycles. The van der Waals surface area contributed by atoms with Gasteiger partial charge in [-0.1, -0.05) is 107 Å². The molecule has 0 atom stereocenters. The maximum absolute atomic E-state index is 6.62. The first kappa shape index (κ1) is 17.6. The van der Waals surface area contributed by atoms with Crippen LogP contribution in [0.5, 0.6) is 0 Å². The molecule has 0 aliphatic heterocycles. The smallest absolute Gasteiger partial charge is 0.0620 e. The first-order valence-corrected chi connectivity index (χ1v) is 9.60.